The Hall–Kier alpha value is -1.65. The number of halogens is 1. The van der Waals surface area contributed by atoms with Crippen LogP contribution in [-0.4, -0.2) is 16.9 Å². The number of hydrogen-bond acceptors (Lipinski definition) is 3. The zero-order valence-electron chi connectivity index (χ0n) is 11.3. The van der Waals surface area contributed by atoms with Crippen LogP contribution >= 0.6 is 0 Å². The number of nitrogens with two attached hydrogens (primary N) is 1. The zero-order valence-corrected chi connectivity index (χ0v) is 11.3. The second kappa shape index (κ2) is 5.55. The maximum atomic E-state index is 13.7. The number of carbonyl (C=O) groups is 1. The van der Waals surface area contributed by atoms with Crippen molar-refractivity contribution >= 4 is 11.7 Å². The normalized spacial score (nSPS) is 27.0. The number of amides is 1. The van der Waals surface area contributed by atoms with Gasteiger partial charge < -0.3 is 11.1 Å². The summed E-state index contributed by atoms with van der Waals surface area (Å²) in [5.41, 5.74) is 5.34. The lowest BCUT2D eigenvalue weighted by molar-refractivity contribution is 0.0895. The number of carbonyl (C=O) groups excluding carboxylic acids is 1. The monoisotopic (exact) mass is 265 g/mol. The first-order chi connectivity index (χ1) is 8.99. The average molecular weight is 265 g/mol. The second-order valence-electron chi connectivity index (χ2n) is 5.53. The van der Waals surface area contributed by atoms with Crippen molar-refractivity contribution in [1.29, 1.82) is 0 Å². The van der Waals surface area contributed by atoms with Crippen molar-refractivity contribution in [1.82, 2.24) is 10.3 Å². The fraction of sp³-hybridized carbons (Fsp3) is 0.571. The molecule has 0 saturated heterocycles. The van der Waals surface area contributed by atoms with Crippen LogP contribution in [-0.2, 0) is 0 Å². The molecular formula is C14H20FN3O. The molecule has 0 aliphatic heterocycles. The van der Waals surface area contributed by atoms with Crippen LogP contribution in [0.2, 0.25) is 0 Å². The van der Waals surface area contributed by atoms with Crippen molar-refractivity contribution in [2.24, 2.45) is 11.8 Å². The Morgan fingerprint density at radius 2 is 2.21 bits per heavy atom. The Kier molecular flexibility index (Phi) is 4.02. The molecule has 1 heterocycles. The van der Waals surface area contributed by atoms with E-state index in [1.54, 1.807) is 0 Å². The van der Waals surface area contributed by atoms with Gasteiger partial charge in [-0.05, 0) is 37.2 Å². The van der Waals surface area contributed by atoms with Crippen LogP contribution in [0.4, 0.5) is 10.2 Å². The molecule has 3 atom stereocenters. The summed E-state index contributed by atoms with van der Waals surface area (Å²) in [6.07, 6.45) is 4.47. The largest absolute Gasteiger partial charge is 0.381 e. The van der Waals surface area contributed by atoms with Crippen molar-refractivity contribution in [2.75, 3.05) is 5.73 Å². The maximum Gasteiger partial charge on any atom is 0.254 e. The molecule has 0 bridgehead atoms. The smallest absolute Gasteiger partial charge is 0.254 e. The van der Waals surface area contributed by atoms with Crippen LogP contribution in [0.25, 0.3) is 0 Å². The lowest BCUT2D eigenvalue weighted by Crippen LogP contribution is -2.42. The Labute approximate surface area is 112 Å². The van der Waals surface area contributed by atoms with Crippen LogP contribution in [0.5, 0.6) is 0 Å². The van der Waals surface area contributed by atoms with E-state index in [-0.39, 0.29) is 17.4 Å². The number of pyridine rings is 1. The van der Waals surface area contributed by atoms with Gasteiger partial charge in [-0.15, -0.1) is 0 Å². The van der Waals surface area contributed by atoms with E-state index in [0.29, 0.717) is 11.8 Å². The number of anilines is 1. The third-order valence-corrected chi connectivity index (χ3v) is 3.91. The van der Waals surface area contributed by atoms with Crippen LogP contribution in [0.3, 0.4) is 0 Å². The molecule has 5 heteroatoms. The van der Waals surface area contributed by atoms with Crippen molar-refractivity contribution in [2.45, 2.75) is 39.2 Å². The zero-order chi connectivity index (χ0) is 14.0. The van der Waals surface area contributed by atoms with Crippen LogP contribution in [0.15, 0.2) is 12.3 Å². The topological polar surface area (TPSA) is 68.0 Å². The van der Waals surface area contributed by atoms with E-state index in [4.69, 9.17) is 5.73 Å². The molecule has 0 radical (unpaired) electrons. The third kappa shape index (κ3) is 3.03. The molecule has 1 fully saturated rings. The Morgan fingerprint density at radius 1 is 1.47 bits per heavy atom. The molecule has 1 aliphatic rings. The van der Waals surface area contributed by atoms with Crippen LogP contribution in [0.1, 0.15) is 43.5 Å². The van der Waals surface area contributed by atoms with Gasteiger partial charge in [0.05, 0.1) is 5.56 Å². The summed E-state index contributed by atoms with van der Waals surface area (Å²) in [6, 6.07) is 1.47. The van der Waals surface area contributed by atoms with Gasteiger partial charge in [0.25, 0.3) is 5.91 Å². The third-order valence-electron chi connectivity index (χ3n) is 3.91. The van der Waals surface area contributed by atoms with Crippen molar-refractivity contribution in [3.8, 4) is 0 Å². The van der Waals surface area contributed by atoms with Crippen LogP contribution < -0.4 is 11.1 Å². The molecule has 3 N–H and O–H groups in total. The second-order valence-corrected chi connectivity index (χ2v) is 5.53. The highest BCUT2D eigenvalue weighted by Gasteiger charge is 2.27. The molecular weight excluding hydrogens is 245 g/mol. The highest BCUT2D eigenvalue weighted by Crippen LogP contribution is 2.28. The van der Waals surface area contributed by atoms with Crippen molar-refractivity contribution < 1.29 is 9.18 Å². The predicted molar refractivity (Wildman–Crippen MR) is 72.0 cm³/mol. The first-order valence-electron chi connectivity index (χ1n) is 6.70. The fourth-order valence-corrected chi connectivity index (χ4v) is 2.76. The van der Waals surface area contributed by atoms with Gasteiger partial charge in [-0.3, -0.25) is 4.79 Å². The Balaban J connectivity index is 2.07. The number of nitrogen functional groups attached to an aromatic ring is 1. The Morgan fingerprint density at radius 3 is 2.89 bits per heavy atom. The quantitative estimate of drug-likeness (QED) is 0.862. The molecule has 1 amide bonds. The van der Waals surface area contributed by atoms with Gasteiger partial charge in [0, 0.05) is 12.2 Å². The molecule has 0 spiro atoms. The standard InChI is InChI=1S/C14H20FN3O/c1-8-3-4-11(9(2)7-8)18-14(19)10-5-6-17-13(16)12(10)15/h5-6,8-9,11H,3-4,7H2,1-2H3,(H2,16,17)(H,18,19). The van der Waals surface area contributed by atoms with Gasteiger partial charge >= 0.3 is 0 Å². The van der Waals surface area contributed by atoms with E-state index in [9.17, 15) is 9.18 Å². The van der Waals surface area contributed by atoms with E-state index in [0.717, 1.165) is 19.3 Å². The molecule has 19 heavy (non-hydrogen) atoms. The summed E-state index contributed by atoms with van der Waals surface area (Å²) in [5.74, 6) is -0.279. The number of rotatable bonds is 2. The number of nitrogens with one attached hydrogen (secondary N) is 1. The minimum absolute atomic E-state index is 0.0293. The molecule has 1 aliphatic carbocycles. The molecule has 3 unspecified atom stereocenters. The molecule has 1 aromatic rings. The molecule has 2 rings (SSSR count). The van der Waals surface area contributed by atoms with Gasteiger partial charge in [0.1, 0.15) is 0 Å². The summed E-state index contributed by atoms with van der Waals surface area (Å²) >= 11 is 0. The average Bonchev–Trinajstić information content (AvgIpc) is 2.36. The van der Waals surface area contributed by atoms with Crippen LogP contribution in [0, 0.1) is 17.7 Å². The first-order valence-corrected chi connectivity index (χ1v) is 6.70. The number of hydrogen-bond donors (Lipinski definition) is 2. The van der Waals surface area contributed by atoms with E-state index in [1.807, 2.05) is 0 Å². The number of aromatic nitrogens is 1. The van der Waals surface area contributed by atoms with Crippen molar-refractivity contribution in [3.05, 3.63) is 23.6 Å². The first kappa shape index (κ1) is 13.8. The summed E-state index contributed by atoms with van der Waals surface area (Å²) in [7, 11) is 0. The van der Waals surface area contributed by atoms with Gasteiger partial charge in [-0.2, -0.15) is 0 Å². The predicted octanol–water partition coefficient (Wildman–Crippen LogP) is 2.36. The van der Waals surface area contributed by atoms with Gasteiger partial charge in [0.2, 0.25) is 0 Å². The molecule has 1 saturated carbocycles. The van der Waals surface area contributed by atoms with E-state index in [1.165, 1.54) is 12.3 Å². The molecule has 1 aromatic heterocycles. The van der Waals surface area contributed by atoms with Crippen molar-refractivity contribution in [3.63, 3.8) is 0 Å². The minimum atomic E-state index is -0.739. The lowest BCUT2D eigenvalue weighted by Gasteiger charge is -2.33. The van der Waals surface area contributed by atoms with E-state index in [2.05, 4.69) is 24.1 Å². The van der Waals surface area contributed by atoms with Gasteiger partial charge in [0.15, 0.2) is 11.6 Å². The SMILES string of the molecule is CC1CCC(NC(=O)c2ccnc(N)c2F)C(C)C1. The summed E-state index contributed by atoms with van der Waals surface area (Å²) in [6.45, 7) is 4.34. The highest BCUT2D eigenvalue weighted by atomic mass is 19.1. The highest BCUT2D eigenvalue weighted by molar-refractivity contribution is 5.95. The van der Waals surface area contributed by atoms with Gasteiger partial charge in [-0.25, -0.2) is 9.37 Å². The van der Waals surface area contributed by atoms with E-state index < -0.39 is 11.7 Å². The minimum Gasteiger partial charge on any atom is -0.381 e. The molecule has 104 valence electrons. The van der Waals surface area contributed by atoms with Gasteiger partial charge in [-0.1, -0.05) is 13.8 Å². The summed E-state index contributed by atoms with van der Waals surface area (Å²) in [5, 5.41) is 2.91. The lowest BCUT2D eigenvalue weighted by atomic mass is 9.80. The molecule has 4 nitrogen and oxygen atoms in total. The maximum absolute atomic E-state index is 13.7. The molecule has 0 aromatic carbocycles. The Bertz CT molecular complexity index is 478. The fourth-order valence-electron chi connectivity index (χ4n) is 2.76. The number of nitrogens with zero attached hydrogens (tertiary/aromatic N) is 1. The summed E-state index contributed by atoms with van der Waals surface area (Å²) in [4.78, 5) is 15.7. The summed E-state index contributed by atoms with van der Waals surface area (Å²) < 4.78 is 13.7. The van der Waals surface area contributed by atoms with E-state index >= 15 is 0 Å².